The summed E-state index contributed by atoms with van der Waals surface area (Å²) in [5.41, 5.74) is 31.3. The lowest BCUT2D eigenvalue weighted by molar-refractivity contribution is 0.792. The van der Waals surface area contributed by atoms with Gasteiger partial charge in [-0.25, -0.2) is 0 Å². The number of para-hydroxylation sites is 1. The van der Waals surface area contributed by atoms with E-state index in [1.165, 1.54) is 133 Å². The summed E-state index contributed by atoms with van der Waals surface area (Å²) in [4.78, 5) is 4.92. The van der Waals surface area contributed by atoms with Crippen molar-refractivity contribution in [1.82, 2.24) is 0 Å². The fraction of sp³-hybridized carbons (Fsp3) is 0.0227. The second-order valence-corrected chi connectivity index (χ2v) is 24.5. The van der Waals surface area contributed by atoms with Crippen LogP contribution in [-0.2, 0) is 10.8 Å². The van der Waals surface area contributed by atoms with Crippen LogP contribution in [0.25, 0.3) is 88.3 Å². The highest BCUT2D eigenvalue weighted by Crippen LogP contribution is 2.66. The summed E-state index contributed by atoms with van der Waals surface area (Å²) in [6.45, 7) is 0. The lowest BCUT2D eigenvalue weighted by atomic mass is 9.70. The molecular formula is C88H56N2. The van der Waals surface area contributed by atoms with Crippen LogP contribution in [0.3, 0.4) is 0 Å². The molecule has 4 aliphatic rings. The Hall–Kier alpha value is -11.6. The lowest BCUT2D eigenvalue weighted by Crippen LogP contribution is -2.26. The molecule has 15 aromatic rings. The maximum absolute atomic E-state index is 2.53. The average molecular weight is 1140 g/mol. The molecule has 0 bridgehead atoms. The molecule has 4 aliphatic carbocycles. The predicted molar refractivity (Wildman–Crippen MR) is 374 cm³/mol. The van der Waals surface area contributed by atoms with Crippen molar-refractivity contribution in [3.05, 3.63) is 384 Å². The molecule has 0 fully saturated rings. The molecule has 0 atom stereocenters. The standard InChI is InChI=1S/C88H56N2/c1-3-23-57(24-4-1)85-73-33-7-9-35-75(73)86(76-36-10-8-34-74(76)85)58-43-45-60(46-44-58)89(59-25-5-2-6-26-59)61-47-49-62(50-48-61)90(63-51-53-71-69-31-15-21-41-81(69)87(83(71)55-63)77-37-17-11-27-65(77)66-28-12-18-38-78(66)87)64-52-54-72-70-32-16-22-42-82(70)88(84(72)56-64)79-39-19-13-29-67(79)68-30-14-20-40-80(68)88/h1-56H. The van der Waals surface area contributed by atoms with Gasteiger partial charge in [0.15, 0.2) is 0 Å². The topological polar surface area (TPSA) is 6.48 Å². The van der Waals surface area contributed by atoms with Gasteiger partial charge in [0.2, 0.25) is 0 Å². The smallest absolute Gasteiger partial charge is 0.0726 e. The summed E-state index contributed by atoms with van der Waals surface area (Å²) in [7, 11) is 0. The van der Waals surface area contributed by atoms with Gasteiger partial charge in [0.1, 0.15) is 0 Å². The zero-order valence-corrected chi connectivity index (χ0v) is 49.2. The number of hydrogen-bond acceptors (Lipinski definition) is 2. The van der Waals surface area contributed by atoms with Gasteiger partial charge >= 0.3 is 0 Å². The van der Waals surface area contributed by atoms with E-state index in [-0.39, 0.29) is 0 Å². The average Bonchev–Trinajstić information content (AvgIpc) is 1.52. The minimum atomic E-state index is -0.511. The quantitative estimate of drug-likeness (QED) is 0.140. The molecule has 19 rings (SSSR count). The van der Waals surface area contributed by atoms with Gasteiger partial charge in [-0.2, -0.15) is 0 Å². The van der Waals surface area contributed by atoms with Crippen molar-refractivity contribution in [2.24, 2.45) is 0 Å². The van der Waals surface area contributed by atoms with Crippen molar-refractivity contribution >= 4 is 55.7 Å². The first kappa shape index (κ1) is 50.6. The van der Waals surface area contributed by atoms with Crippen LogP contribution in [0.4, 0.5) is 34.1 Å². The Bertz CT molecular complexity index is 5050. The summed E-state index contributed by atoms with van der Waals surface area (Å²) < 4.78 is 0. The van der Waals surface area contributed by atoms with Crippen LogP contribution in [0.5, 0.6) is 0 Å². The molecule has 2 nitrogen and oxygen atoms in total. The summed E-state index contributed by atoms with van der Waals surface area (Å²) in [6, 6.07) is 127. The van der Waals surface area contributed by atoms with Gasteiger partial charge in [-0.15, -0.1) is 0 Å². The van der Waals surface area contributed by atoms with Crippen LogP contribution in [0.2, 0.25) is 0 Å². The highest BCUT2D eigenvalue weighted by atomic mass is 15.2. The predicted octanol–water partition coefficient (Wildman–Crippen LogP) is 23.0. The minimum Gasteiger partial charge on any atom is -0.311 e. The molecule has 0 amide bonds. The Morgan fingerprint density at radius 2 is 0.400 bits per heavy atom. The first-order valence-electron chi connectivity index (χ1n) is 31.4. The van der Waals surface area contributed by atoms with Crippen LogP contribution >= 0.6 is 0 Å². The molecule has 0 N–H and O–H groups in total. The van der Waals surface area contributed by atoms with E-state index in [0.29, 0.717) is 0 Å². The van der Waals surface area contributed by atoms with E-state index in [2.05, 4.69) is 350 Å². The first-order valence-corrected chi connectivity index (χ1v) is 31.4. The molecule has 0 aromatic heterocycles. The first-order chi connectivity index (χ1) is 44.7. The SMILES string of the molecule is c1ccc(-c2c3ccccc3c(-c3ccc(N(c4ccccc4)c4ccc(N(c5ccc6c(c5)C5(c7ccccc7-c7ccccc75)c5ccccc5-6)c5ccc6c(c5)C5(c7ccccc7-c7ccccc75)c5ccccc5-6)cc4)cc3)c3ccccc23)cc1. The molecule has 0 unspecified atom stereocenters. The molecule has 2 spiro atoms. The molecule has 418 valence electrons. The second-order valence-electron chi connectivity index (χ2n) is 24.5. The number of anilines is 6. The van der Waals surface area contributed by atoms with Crippen molar-refractivity contribution in [2.75, 3.05) is 9.80 Å². The Morgan fingerprint density at radius 3 is 0.744 bits per heavy atom. The lowest BCUT2D eigenvalue weighted by Gasteiger charge is -2.33. The molecule has 0 aliphatic heterocycles. The van der Waals surface area contributed by atoms with Crippen LogP contribution < -0.4 is 9.80 Å². The van der Waals surface area contributed by atoms with Gasteiger partial charge in [0.05, 0.1) is 10.8 Å². The van der Waals surface area contributed by atoms with E-state index >= 15 is 0 Å². The molecule has 0 saturated heterocycles. The van der Waals surface area contributed by atoms with Crippen LogP contribution in [-0.4, -0.2) is 0 Å². The monoisotopic (exact) mass is 1140 g/mol. The fourth-order valence-electron chi connectivity index (χ4n) is 16.8. The Labute approximate surface area is 524 Å². The third-order valence-electron chi connectivity index (χ3n) is 20.3. The third kappa shape index (κ3) is 6.93. The van der Waals surface area contributed by atoms with E-state index in [1.54, 1.807) is 0 Å². The summed E-state index contributed by atoms with van der Waals surface area (Å²) in [6.07, 6.45) is 0. The molecule has 0 radical (unpaired) electrons. The van der Waals surface area contributed by atoms with Gasteiger partial charge in [-0.05, 0) is 206 Å². The zero-order valence-electron chi connectivity index (χ0n) is 49.2. The van der Waals surface area contributed by atoms with Crippen molar-refractivity contribution < 1.29 is 0 Å². The van der Waals surface area contributed by atoms with E-state index in [1.807, 2.05) is 0 Å². The maximum atomic E-state index is 2.53. The van der Waals surface area contributed by atoms with E-state index in [0.717, 1.165) is 34.1 Å². The van der Waals surface area contributed by atoms with Crippen LogP contribution in [0.15, 0.2) is 340 Å². The van der Waals surface area contributed by atoms with E-state index in [9.17, 15) is 0 Å². The summed E-state index contributed by atoms with van der Waals surface area (Å²) in [5.74, 6) is 0. The second kappa shape index (κ2) is 19.5. The van der Waals surface area contributed by atoms with Crippen molar-refractivity contribution in [1.29, 1.82) is 0 Å². The van der Waals surface area contributed by atoms with Crippen molar-refractivity contribution in [2.45, 2.75) is 10.8 Å². The largest absolute Gasteiger partial charge is 0.311 e. The Kier molecular flexibility index (Phi) is 10.9. The number of rotatable bonds is 8. The van der Waals surface area contributed by atoms with Gasteiger partial charge in [0, 0.05) is 34.1 Å². The van der Waals surface area contributed by atoms with Crippen molar-refractivity contribution in [3.8, 4) is 66.8 Å². The van der Waals surface area contributed by atoms with Crippen LogP contribution in [0, 0.1) is 0 Å². The minimum absolute atomic E-state index is 0.511. The molecule has 2 heteroatoms. The van der Waals surface area contributed by atoms with Crippen LogP contribution in [0.1, 0.15) is 44.5 Å². The third-order valence-corrected chi connectivity index (χ3v) is 20.3. The number of benzene rings is 15. The Morgan fingerprint density at radius 1 is 0.167 bits per heavy atom. The normalized spacial score (nSPS) is 13.5. The molecule has 15 aromatic carbocycles. The maximum Gasteiger partial charge on any atom is 0.0726 e. The summed E-state index contributed by atoms with van der Waals surface area (Å²) in [5, 5.41) is 4.98. The van der Waals surface area contributed by atoms with Gasteiger partial charge in [0.25, 0.3) is 0 Å². The fourth-order valence-corrected chi connectivity index (χ4v) is 16.8. The molecular weight excluding hydrogens is 1080 g/mol. The van der Waals surface area contributed by atoms with E-state index in [4.69, 9.17) is 0 Å². The molecule has 90 heavy (non-hydrogen) atoms. The summed E-state index contributed by atoms with van der Waals surface area (Å²) >= 11 is 0. The highest BCUT2D eigenvalue weighted by molar-refractivity contribution is 6.21. The van der Waals surface area contributed by atoms with Gasteiger partial charge in [-0.1, -0.05) is 267 Å². The molecule has 0 heterocycles. The number of hydrogen-bond donors (Lipinski definition) is 0. The van der Waals surface area contributed by atoms with Gasteiger partial charge in [-0.3, -0.25) is 0 Å². The zero-order chi connectivity index (χ0) is 59.1. The highest BCUT2D eigenvalue weighted by Gasteiger charge is 2.53. The van der Waals surface area contributed by atoms with Gasteiger partial charge < -0.3 is 9.80 Å². The van der Waals surface area contributed by atoms with E-state index < -0.39 is 10.8 Å². The Balaban J connectivity index is 0.795. The molecule has 0 saturated carbocycles. The van der Waals surface area contributed by atoms with Crippen molar-refractivity contribution in [3.63, 3.8) is 0 Å². The number of nitrogens with zero attached hydrogens (tertiary/aromatic N) is 2. The number of fused-ring (bicyclic) bond motifs is 22.